The minimum absolute atomic E-state index is 1.22. The topological polar surface area (TPSA) is 0 Å². The van der Waals surface area contributed by atoms with Crippen LogP contribution in [0.4, 0.5) is 0 Å². The van der Waals surface area contributed by atoms with Crippen molar-refractivity contribution in [3.05, 3.63) is 28.2 Å². The van der Waals surface area contributed by atoms with Crippen LogP contribution in [-0.2, 0) is 0 Å². The molecule has 0 heterocycles. The fourth-order valence-electron chi connectivity index (χ4n) is 3.15. The molecule has 0 atom stereocenters. The summed E-state index contributed by atoms with van der Waals surface area (Å²) in [5.41, 5.74) is 6.73. The summed E-state index contributed by atoms with van der Waals surface area (Å²) in [4.78, 5) is 0. The number of hydrogen-bond acceptors (Lipinski definition) is 0. The molecule has 0 heteroatoms. The first-order valence-corrected chi connectivity index (χ1v) is 6.08. The van der Waals surface area contributed by atoms with Crippen molar-refractivity contribution in [2.45, 2.75) is 59.3 Å². The van der Waals surface area contributed by atoms with Crippen LogP contribution in [0, 0.1) is 5.92 Å². The van der Waals surface area contributed by atoms with Crippen molar-refractivity contribution in [3.63, 3.8) is 0 Å². The van der Waals surface area contributed by atoms with E-state index in [1.807, 2.05) is 0 Å². The average molecular weight is 189 g/mol. The molecule has 0 amide bonds. The van der Waals surface area contributed by atoms with E-state index in [0.29, 0.717) is 0 Å². The maximum Gasteiger partial charge on any atom is 0.0260 e. The second-order valence-corrected chi connectivity index (χ2v) is 4.45. The summed E-state index contributed by atoms with van der Waals surface area (Å²) >= 11 is 0. The Bertz CT molecular complexity index is 291. The second kappa shape index (κ2) is 3.92. The Balaban J connectivity index is 2.36. The summed E-state index contributed by atoms with van der Waals surface area (Å²) in [5.74, 6) is 1.69. The molecule has 2 aliphatic carbocycles. The van der Waals surface area contributed by atoms with E-state index in [1.54, 1.807) is 28.2 Å². The van der Waals surface area contributed by atoms with Gasteiger partial charge in [-0.1, -0.05) is 25.0 Å². The minimum atomic E-state index is 1.22. The highest BCUT2D eigenvalue weighted by molar-refractivity contribution is 5.59. The molecule has 0 saturated carbocycles. The summed E-state index contributed by atoms with van der Waals surface area (Å²) in [6, 6.07) is 0. The highest BCUT2D eigenvalue weighted by Crippen LogP contribution is 2.47. The quantitative estimate of drug-likeness (QED) is 0.596. The maximum absolute atomic E-state index is 2.34. The fourth-order valence-corrected chi connectivity index (χ4v) is 3.15. The maximum atomic E-state index is 2.34. The van der Waals surface area contributed by atoms with Crippen LogP contribution < -0.4 is 0 Å². The van der Waals surface area contributed by atoms with Crippen molar-refractivity contribution in [2.24, 2.45) is 0 Å². The zero-order valence-electron chi connectivity index (χ0n) is 9.74. The molecule has 2 aliphatic rings. The van der Waals surface area contributed by atoms with E-state index in [-0.39, 0.29) is 0 Å². The molecular weight excluding hydrogens is 168 g/mol. The first kappa shape index (κ1) is 10.0. The van der Waals surface area contributed by atoms with Gasteiger partial charge >= 0.3 is 0 Å². The Morgan fingerprint density at radius 3 is 2.14 bits per heavy atom. The Kier molecular flexibility index (Phi) is 2.80. The van der Waals surface area contributed by atoms with Gasteiger partial charge in [0.05, 0.1) is 0 Å². The summed E-state index contributed by atoms with van der Waals surface area (Å²) in [6.07, 6.45) is 7.96. The first-order valence-electron chi connectivity index (χ1n) is 6.08. The van der Waals surface area contributed by atoms with Crippen molar-refractivity contribution in [1.82, 2.24) is 0 Å². The molecule has 0 spiro atoms. The molecule has 0 aromatic heterocycles. The molecule has 0 nitrogen and oxygen atoms in total. The lowest BCUT2D eigenvalue weighted by Crippen LogP contribution is -2.03. The largest absolute Gasteiger partial charge is 0.0642 e. The van der Waals surface area contributed by atoms with Gasteiger partial charge in [-0.25, -0.2) is 0 Å². The third-order valence-corrected chi connectivity index (χ3v) is 3.81. The van der Waals surface area contributed by atoms with E-state index in [0.717, 1.165) is 0 Å². The van der Waals surface area contributed by atoms with Crippen molar-refractivity contribution in [1.29, 1.82) is 0 Å². The molecule has 0 unspecified atom stereocenters. The van der Waals surface area contributed by atoms with Crippen LogP contribution in [0.1, 0.15) is 59.3 Å². The van der Waals surface area contributed by atoms with Crippen LogP contribution in [0.15, 0.2) is 22.3 Å². The Labute approximate surface area is 88.1 Å². The van der Waals surface area contributed by atoms with Gasteiger partial charge in [0.2, 0.25) is 0 Å². The third-order valence-electron chi connectivity index (χ3n) is 3.81. The first-order chi connectivity index (χ1) is 6.79. The Morgan fingerprint density at radius 1 is 0.929 bits per heavy atom. The molecule has 14 heavy (non-hydrogen) atoms. The number of hydrogen-bond donors (Lipinski definition) is 0. The zero-order valence-corrected chi connectivity index (χ0v) is 9.74. The predicted octanol–water partition coefficient (Wildman–Crippen LogP) is 4.58. The van der Waals surface area contributed by atoms with Gasteiger partial charge in [-0.3, -0.25) is 0 Å². The van der Waals surface area contributed by atoms with Gasteiger partial charge in [0.15, 0.2) is 0 Å². The van der Waals surface area contributed by atoms with Gasteiger partial charge in [0, 0.05) is 5.92 Å². The molecule has 0 aliphatic heterocycles. The van der Waals surface area contributed by atoms with Crippen LogP contribution in [0.25, 0.3) is 0 Å². The van der Waals surface area contributed by atoms with E-state index in [2.05, 4.69) is 20.8 Å². The lowest BCUT2D eigenvalue weighted by molar-refractivity contribution is 0.674. The molecule has 77 valence electrons. The van der Waals surface area contributed by atoms with E-state index in [1.165, 1.54) is 38.5 Å². The molecule has 0 aromatic carbocycles. The number of allylic oxidation sites excluding steroid dienone is 4. The summed E-state index contributed by atoms with van der Waals surface area (Å²) in [7, 11) is 0. The van der Waals surface area contributed by atoms with E-state index >= 15 is 0 Å². The Hall–Kier alpha value is -0.520. The highest BCUT2D eigenvalue weighted by Gasteiger charge is 2.30. The Morgan fingerprint density at radius 2 is 1.57 bits per heavy atom. The lowest BCUT2D eigenvalue weighted by Gasteiger charge is -2.20. The molecule has 0 bridgehead atoms. The highest BCUT2D eigenvalue weighted by atomic mass is 14.3. The molecular formula is C14H21. The van der Waals surface area contributed by atoms with E-state index in [9.17, 15) is 0 Å². The molecule has 0 aromatic rings. The van der Waals surface area contributed by atoms with Crippen LogP contribution in [0.2, 0.25) is 0 Å². The van der Waals surface area contributed by atoms with Crippen molar-refractivity contribution >= 4 is 0 Å². The van der Waals surface area contributed by atoms with Crippen molar-refractivity contribution < 1.29 is 0 Å². The van der Waals surface area contributed by atoms with Crippen molar-refractivity contribution in [2.75, 3.05) is 0 Å². The molecule has 0 saturated heterocycles. The summed E-state index contributed by atoms with van der Waals surface area (Å²) < 4.78 is 0. The van der Waals surface area contributed by atoms with Gasteiger partial charge in [-0.2, -0.15) is 0 Å². The normalized spacial score (nSPS) is 23.4. The van der Waals surface area contributed by atoms with Crippen molar-refractivity contribution in [3.8, 4) is 0 Å². The second-order valence-electron chi connectivity index (χ2n) is 4.45. The van der Waals surface area contributed by atoms with Gasteiger partial charge in [-0.05, 0) is 56.6 Å². The lowest BCUT2D eigenvalue weighted by atomic mass is 9.85. The van der Waals surface area contributed by atoms with Crippen LogP contribution in [-0.4, -0.2) is 0 Å². The summed E-state index contributed by atoms with van der Waals surface area (Å²) in [5, 5.41) is 0. The molecule has 2 rings (SSSR count). The smallest absolute Gasteiger partial charge is 0.0260 e. The van der Waals surface area contributed by atoms with E-state index in [4.69, 9.17) is 0 Å². The van der Waals surface area contributed by atoms with Gasteiger partial charge in [-0.15, -0.1) is 0 Å². The average Bonchev–Trinajstić information content (AvgIpc) is 2.51. The van der Waals surface area contributed by atoms with Gasteiger partial charge in [0.1, 0.15) is 0 Å². The van der Waals surface area contributed by atoms with Crippen LogP contribution in [0.5, 0.6) is 0 Å². The molecule has 0 fully saturated rings. The number of rotatable bonds is 2. The van der Waals surface area contributed by atoms with Gasteiger partial charge in [0.25, 0.3) is 0 Å². The summed E-state index contributed by atoms with van der Waals surface area (Å²) in [6.45, 7) is 6.94. The third kappa shape index (κ3) is 1.36. The minimum Gasteiger partial charge on any atom is -0.0642 e. The van der Waals surface area contributed by atoms with Gasteiger partial charge < -0.3 is 0 Å². The SMILES string of the molecule is CC[C]1C(CC)=C(C)C2=C1CCCC2. The molecule has 0 N–H and O–H groups in total. The van der Waals surface area contributed by atoms with Crippen LogP contribution >= 0.6 is 0 Å². The standard InChI is InChI=1S/C14H21/c1-4-11-10(3)13-8-6-7-9-14(13)12(11)5-2/h4-9H2,1-3H3. The molecule has 1 radical (unpaired) electrons. The zero-order chi connectivity index (χ0) is 10.1. The van der Waals surface area contributed by atoms with Crippen LogP contribution in [0.3, 0.4) is 0 Å². The predicted molar refractivity (Wildman–Crippen MR) is 62.0 cm³/mol. The fraction of sp³-hybridized carbons (Fsp3) is 0.643. The van der Waals surface area contributed by atoms with E-state index < -0.39 is 0 Å². The monoisotopic (exact) mass is 189 g/mol.